The number of carbonyl (C=O) groups excluding carboxylic acids is 1. The van der Waals surface area contributed by atoms with Crippen LogP contribution in [0.1, 0.15) is 12.0 Å². The lowest BCUT2D eigenvalue weighted by atomic mass is 10.00. The smallest absolute Gasteiger partial charge is 0.475 e. The number of aryl methyl sites for hydroxylation is 1. The number of hydrogen-bond donors (Lipinski definition) is 2. The number of aliphatic carboxylic acids is 1. The number of ether oxygens (including phenoxy) is 1. The van der Waals surface area contributed by atoms with E-state index in [0.717, 1.165) is 26.1 Å². The first-order chi connectivity index (χ1) is 12.1. The minimum absolute atomic E-state index is 0.00824. The molecule has 3 heterocycles. The maximum absolute atomic E-state index is 11.8. The van der Waals surface area contributed by atoms with Crippen LogP contribution in [0.3, 0.4) is 0 Å². The van der Waals surface area contributed by atoms with Crippen LogP contribution in [-0.2, 0) is 27.9 Å². The first kappa shape index (κ1) is 20.2. The summed E-state index contributed by atoms with van der Waals surface area (Å²) in [5.74, 6) is -2.64. The topological polar surface area (TPSA) is 96.7 Å². The first-order valence-electron chi connectivity index (χ1n) is 7.97. The summed E-state index contributed by atoms with van der Waals surface area (Å²) in [6.45, 7) is 2.60. The first-order valence-corrected chi connectivity index (χ1v) is 7.97. The average Bonchev–Trinajstić information content (AvgIpc) is 3.09. The van der Waals surface area contributed by atoms with Gasteiger partial charge in [-0.05, 0) is 6.42 Å². The molecule has 2 aliphatic rings. The average molecular weight is 378 g/mol. The van der Waals surface area contributed by atoms with E-state index < -0.39 is 12.1 Å². The molecule has 0 saturated carbocycles. The number of hydrogen-bond acceptors (Lipinski definition) is 5. The normalized spacial score (nSPS) is 25.3. The maximum atomic E-state index is 11.8. The van der Waals surface area contributed by atoms with Gasteiger partial charge < -0.3 is 15.2 Å². The summed E-state index contributed by atoms with van der Waals surface area (Å²) < 4.78 is 39.4. The van der Waals surface area contributed by atoms with Crippen LogP contribution in [0.25, 0.3) is 0 Å². The van der Waals surface area contributed by atoms with E-state index in [2.05, 4.69) is 15.3 Å². The molecule has 26 heavy (non-hydrogen) atoms. The van der Waals surface area contributed by atoms with Gasteiger partial charge in [0.25, 0.3) is 0 Å². The third-order valence-electron chi connectivity index (χ3n) is 4.22. The van der Waals surface area contributed by atoms with Crippen molar-refractivity contribution in [3.63, 3.8) is 0 Å². The number of amides is 1. The Balaban J connectivity index is 0.000000298. The molecule has 8 nitrogen and oxygen atoms in total. The van der Waals surface area contributed by atoms with Crippen molar-refractivity contribution in [1.82, 2.24) is 20.0 Å². The lowest BCUT2D eigenvalue weighted by molar-refractivity contribution is -0.192. The molecule has 0 aliphatic carbocycles. The van der Waals surface area contributed by atoms with Gasteiger partial charge in [-0.25, -0.2) is 4.79 Å². The number of carboxylic acids is 1. The Morgan fingerprint density at radius 1 is 1.42 bits per heavy atom. The molecule has 0 aromatic carbocycles. The van der Waals surface area contributed by atoms with Crippen molar-refractivity contribution in [3.8, 4) is 0 Å². The second kappa shape index (κ2) is 8.04. The van der Waals surface area contributed by atoms with Gasteiger partial charge in [-0.1, -0.05) is 0 Å². The highest BCUT2D eigenvalue weighted by Gasteiger charge is 2.44. The molecular weight excluding hydrogens is 357 g/mol. The van der Waals surface area contributed by atoms with Crippen LogP contribution in [0.2, 0.25) is 0 Å². The van der Waals surface area contributed by atoms with Crippen LogP contribution in [0, 0.1) is 5.92 Å². The fourth-order valence-electron chi connectivity index (χ4n) is 3.14. The number of nitrogens with one attached hydrogen (secondary N) is 1. The lowest BCUT2D eigenvalue weighted by Gasteiger charge is -2.32. The van der Waals surface area contributed by atoms with Crippen molar-refractivity contribution in [2.45, 2.75) is 31.3 Å². The van der Waals surface area contributed by atoms with Crippen LogP contribution < -0.4 is 5.32 Å². The molecule has 2 bridgehead atoms. The SMILES string of the molecule is CNC(=O)C1CC2CN(Cc3cnn(C)c3)CC1O2.O=C(O)C(F)(F)F. The molecule has 1 aromatic rings. The van der Waals surface area contributed by atoms with E-state index in [1.165, 1.54) is 5.56 Å². The minimum Gasteiger partial charge on any atom is -0.475 e. The zero-order valence-corrected chi connectivity index (χ0v) is 14.4. The van der Waals surface area contributed by atoms with Crippen molar-refractivity contribution in [1.29, 1.82) is 0 Å². The zero-order valence-electron chi connectivity index (χ0n) is 14.4. The summed E-state index contributed by atoms with van der Waals surface area (Å²) in [6.07, 6.45) is -0.0807. The summed E-state index contributed by atoms with van der Waals surface area (Å²) in [5, 5.41) is 14.0. The number of carbonyl (C=O) groups is 2. The molecule has 2 aliphatic heterocycles. The minimum atomic E-state index is -5.08. The monoisotopic (exact) mass is 378 g/mol. The molecule has 2 fully saturated rings. The van der Waals surface area contributed by atoms with Crippen LogP contribution in [0.15, 0.2) is 12.4 Å². The number of likely N-dealkylation sites (tertiary alicyclic amines) is 1. The quantitative estimate of drug-likeness (QED) is 0.790. The van der Waals surface area contributed by atoms with Crippen molar-refractivity contribution in [2.24, 2.45) is 13.0 Å². The van der Waals surface area contributed by atoms with Gasteiger partial charge in [0.05, 0.1) is 24.3 Å². The van der Waals surface area contributed by atoms with Crippen molar-refractivity contribution in [2.75, 3.05) is 20.1 Å². The molecule has 0 spiro atoms. The second-order valence-corrected chi connectivity index (χ2v) is 6.27. The van der Waals surface area contributed by atoms with E-state index in [1.807, 2.05) is 24.1 Å². The van der Waals surface area contributed by atoms with E-state index >= 15 is 0 Å². The number of nitrogens with zero attached hydrogens (tertiary/aromatic N) is 3. The van der Waals surface area contributed by atoms with Crippen LogP contribution >= 0.6 is 0 Å². The van der Waals surface area contributed by atoms with E-state index in [4.69, 9.17) is 14.6 Å². The maximum Gasteiger partial charge on any atom is 0.490 e. The number of aromatic nitrogens is 2. The molecular formula is C15H21F3N4O4. The van der Waals surface area contributed by atoms with Gasteiger partial charge >= 0.3 is 12.1 Å². The Bertz CT molecular complexity index is 649. The Labute approximate surface area is 147 Å². The molecule has 1 amide bonds. The number of fused-ring (bicyclic) bond motifs is 2. The largest absolute Gasteiger partial charge is 0.490 e. The van der Waals surface area contributed by atoms with E-state index in [-0.39, 0.29) is 24.0 Å². The second-order valence-electron chi connectivity index (χ2n) is 6.27. The fraction of sp³-hybridized carbons (Fsp3) is 0.667. The summed E-state index contributed by atoms with van der Waals surface area (Å²) >= 11 is 0. The highest BCUT2D eigenvalue weighted by molar-refractivity contribution is 5.79. The molecule has 2 N–H and O–H groups in total. The van der Waals surface area contributed by atoms with Gasteiger partial charge in [0.15, 0.2) is 0 Å². The van der Waals surface area contributed by atoms with Gasteiger partial charge in [-0.15, -0.1) is 0 Å². The molecule has 146 valence electrons. The Kier molecular flexibility index (Phi) is 6.24. The summed E-state index contributed by atoms with van der Waals surface area (Å²) in [4.78, 5) is 23.1. The Morgan fingerprint density at radius 3 is 2.58 bits per heavy atom. The molecule has 3 rings (SSSR count). The van der Waals surface area contributed by atoms with Crippen LogP contribution in [0.5, 0.6) is 0 Å². The Hall–Kier alpha value is -2.14. The standard InChI is InChI=1S/C13H20N4O2.C2HF3O2/c1-14-13(18)11-3-10-7-17(8-12(11)19-10)6-9-4-15-16(2)5-9;3-2(4,5)1(6)7/h4-5,10-12H,3,6-8H2,1-2H3,(H,14,18);(H,6,7). The summed E-state index contributed by atoms with van der Waals surface area (Å²) in [5.41, 5.74) is 1.21. The van der Waals surface area contributed by atoms with Gasteiger partial charge in [-0.2, -0.15) is 18.3 Å². The van der Waals surface area contributed by atoms with Gasteiger partial charge in [0.1, 0.15) is 0 Å². The highest BCUT2D eigenvalue weighted by atomic mass is 19.4. The molecule has 3 atom stereocenters. The van der Waals surface area contributed by atoms with E-state index in [9.17, 15) is 18.0 Å². The number of morpholine rings is 1. The predicted molar refractivity (Wildman–Crippen MR) is 83.0 cm³/mol. The molecule has 0 radical (unpaired) electrons. The van der Waals surface area contributed by atoms with E-state index in [0.29, 0.717) is 0 Å². The summed E-state index contributed by atoms with van der Waals surface area (Å²) in [6, 6.07) is 0. The van der Waals surface area contributed by atoms with Gasteiger partial charge in [0, 0.05) is 45.5 Å². The third kappa shape index (κ3) is 5.18. The molecule has 3 unspecified atom stereocenters. The van der Waals surface area contributed by atoms with Crippen LogP contribution in [-0.4, -0.2) is 70.2 Å². The van der Waals surface area contributed by atoms with Crippen molar-refractivity contribution in [3.05, 3.63) is 18.0 Å². The fourth-order valence-corrected chi connectivity index (χ4v) is 3.14. The molecule has 2 saturated heterocycles. The Morgan fingerprint density at radius 2 is 2.08 bits per heavy atom. The van der Waals surface area contributed by atoms with Gasteiger partial charge in [0.2, 0.25) is 5.91 Å². The number of carboxylic acid groups (broad SMARTS) is 1. The number of alkyl halides is 3. The van der Waals surface area contributed by atoms with Crippen LogP contribution in [0.4, 0.5) is 13.2 Å². The summed E-state index contributed by atoms with van der Waals surface area (Å²) in [7, 11) is 3.62. The van der Waals surface area contributed by atoms with Gasteiger partial charge in [-0.3, -0.25) is 14.4 Å². The van der Waals surface area contributed by atoms with Crippen molar-refractivity contribution >= 4 is 11.9 Å². The molecule has 11 heteroatoms. The number of halogens is 3. The molecule has 1 aromatic heterocycles. The zero-order chi connectivity index (χ0) is 19.5. The predicted octanol–water partition coefficient (Wildman–Crippen LogP) is 0.389. The van der Waals surface area contributed by atoms with Crippen molar-refractivity contribution < 1.29 is 32.6 Å². The lowest BCUT2D eigenvalue weighted by Crippen LogP contribution is -2.44. The third-order valence-corrected chi connectivity index (χ3v) is 4.22. The number of rotatable bonds is 3. The van der Waals surface area contributed by atoms with E-state index in [1.54, 1.807) is 7.05 Å². The highest BCUT2D eigenvalue weighted by Crippen LogP contribution is 2.32.